The zero-order chi connectivity index (χ0) is 14.0. The van der Waals surface area contributed by atoms with Crippen LogP contribution in [0.3, 0.4) is 0 Å². The Labute approximate surface area is 123 Å². The molecule has 0 aromatic heterocycles. The van der Waals surface area contributed by atoms with Crippen LogP contribution < -0.4 is 4.74 Å². The minimum Gasteiger partial charge on any atom is -0.486 e. The van der Waals surface area contributed by atoms with Crippen LogP contribution in [0.2, 0.25) is 0 Å². The SMILES string of the molecule is CCN(CC)CC1CCCC[C@]12Cc1ccccc1O2. The second-order valence-corrected chi connectivity index (χ2v) is 6.38. The van der Waals surface area contributed by atoms with Gasteiger partial charge in [0.25, 0.3) is 0 Å². The highest BCUT2D eigenvalue weighted by Gasteiger charge is 2.47. The van der Waals surface area contributed by atoms with Gasteiger partial charge in [-0.15, -0.1) is 0 Å². The Morgan fingerprint density at radius 2 is 2.00 bits per heavy atom. The molecule has 1 aliphatic heterocycles. The molecule has 0 bridgehead atoms. The molecule has 2 nitrogen and oxygen atoms in total. The van der Waals surface area contributed by atoms with Gasteiger partial charge in [-0.1, -0.05) is 38.5 Å². The van der Waals surface area contributed by atoms with E-state index in [1.54, 1.807) is 0 Å². The molecule has 1 aromatic carbocycles. The first-order chi connectivity index (χ1) is 9.77. The number of rotatable bonds is 4. The molecule has 0 radical (unpaired) electrons. The van der Waals surface area contributed by atoms with E-state index < -0.39 is 0 Å². The molecule has 2 heteroatoms. The van der Waals surface area contributed by atoms with Crippen LogP contribution in [-0.2, 0) is 6.42 Å². The summed E-state index contributed by atoms with van der Waals surface area (Å²) in [5.74, 6) is 1.82. The Morgan fingerprint density at radius 3 is 2.75 bits per heavy atom. The minimum atomic E-state index is 0.0878. The van der Waals surface area contributed by atoms with E-state index in [4.69, 9.17) is 4.74 Å². The maximum atomic E-state index is 6.51. The Hall–Kier alpha value is -1.02. The monoisotopic (exact) mass is 273 g/mol. The molecule has 1 unspecified atom stereocenters. The van der Waals surface area contributed by atoms with Gasteiger partial charge in [-0.05, 0) is 44.0 Å². The summed E-state index contributed by atoms with van der Waals surface area (Å²) >= 11 is 0. The van der Waals surface area contributed by atoms with Gasteiger partial charge in [0, 0.05) is 18.9 Å². The van der Waals surface area contributed by atoms with Gasteiger partial charge < -0.3 is 9.64 Å². The van der Waals surface area contributed by atoms with Crippen molar-refractivity contribution >= 4 is 0 Å². The Balaban J connectivity index is 1.80. The summed E-state index contributed by atoms with van der Waals surface area (Å²) in [6, 6.07) is 8.63. The summed E-state index contributed by atoms with van der Waals surface area (Å²) in [6.45, 7) is 8.03. The average molecular weight is 273 g/mol. The molecule has 1 heterocycles. The van der Waals surface area contributed by atoms with Gasteiger partial charge >= 0.3 is 0 Å². The smallest absolute Gasteiger partial charge is 0.123 e. The molecular weight excluding hydrogens is 246 g/mol. The lowest BCUT2D eigenvalue weighted by atomic mass is 9.73. The predicted octanol–water partition coefficient (Wildman–Crippen LogP) is 3.89. The molecule has 1 aliphatic carbocycles. The number of ether oxygens (including phenoxy) is 1. The number of nitrogens with zero attached hydrogens (tertiary/aromatic N) is 1. The van der Waals surface area contributed by atoms with E-state index >= 15 is 0 Å². The second-order valence-electron chi connectivity index (χ2n) is 6.38. The van der Waals surface area contributed by atoms with Crippen molar-refractivity contribution in [2.24, 2.45) is 5.92 Å². The molecule has 0 N–H and O–H groups in total. The van der Waals surface area contributed by atoms with Crippen molar-refractivity contribution in [2.45, 2.75) is 51.6 Å². The van der Waals surface area contributed by atoms with Crippen molar-refractivity contribution in [3.05, 3.63) is 29.8 Å². The number of para-hydroxylation sites is 1. The summed E-state index contributed by atoms with van der Waals surface area (Å²) in [7, 11) is 0. The first-order valence-corrected chi connectivity index (χ1v) is 8.26. The maximum absolute atomic E-state index is 6.51. The van der Waals surface area contributed by atoms with Crippen molar-refractivity contribution in [3.8, 4) is 5.75 Å². The normalized spacial score (nSPS) is 28.6. The molecule has 110 valence electrons. The van der Waals surface area contributed by atoms with E-state index in [-0.39, 0.29) is 5.60 Å². The van der Waals surface area contributed by atoms with Gasteiger partial charge in [-0.25, -0.2) is 0 Å². The fourth-order valence-corrected chi connectivity index (χ4v) is 4.03. The fourth-order valence-electron chi connectivity index (χ4n) is 4.03. The predicted molar refractivity (Wildman–Crippen MR) is 83.3 cm³/mol. The van der Waals surface area contributed by atoms with Crippen molar-refractivity contribution in [2.75, 3.05) is 19.6 Å². The van der Waals surface area contributed by atoms with Gasteiger partial charge in [0.1, 0.15) is 11.4 Å². The van der Waals surface area contributed by atoms with E-state index in [9.17, 15) is 0 Å². The van der Waals surface area contributed by atoms with Crippen molar-refractivity contribution in [1.82, 2.24) is 4.90 Å². The number of hydrogen-bond acceptors (Lipinski definition) is 2. The van der Waals surface area contributed by atoms with Gasteiger partial charge in [0.15, 0.2) is 0 Å². The van der Waals surface area contributed by atoms with Crippen molar-refractivity contribution in [3.63, 3.8) is 0 Å². The molecule has 1 saturated carbocycles. The molecule has 2 atom stereocenters. The van der Waals surface area contributed by atoms with Crippen molar-refractivity contribution in [1.29, 1.82) is 0 Å². The molecule has 0 saturated heterocycles. The summed E-state index contributed by atoms with van der Waals surface area (Å²) in [5.41, 5.74) is 1.50. The third-order valence-corrected chi connectivity index (χ3v) is 5.30. The Morgan fingerprint density at radius 1 is 1.20 bits per heavy atom. The Kier molecular flexibility index (Phi) is 4.02. The number of hydrogen-bond donors (Lipinski definition) is 0. The first-order valence-electron chi connectivity index (χ1n) is 8.26. The lowest BCUT2D eigenvalue weighted by Crippen LogP contribution is -2.49. The van der Waals surface area contributed by atoms with Gasteiger partial charge in [-0.2, -0.15) is 0 Å². The molecule has 0 amide bonds. The largest absolute Gasteiger partial charge is 0.486 e. The molecule has 1 fully saturated rings. The summed E-state index contributed by atoms with van der Waals surface area (Å²) < 4.78 is 6.51. The van der Waals surface area contributed by atoms with Crippen LogP contribution in [0, 0.1) is 5.92 Å². The maximum Gasteiger partial charge on any atom is 0.123 e. The summed E-state index contributed by atoms with van der Waals surface area (Å²) in [5, 5.41) is 0. The van der Waals surface area contributed by atoms with Crippen LogP contribution in [-0.4, -0.2) is 30.1 Å². The van der Waals surface area contributed by atoms with Gasteiger partial charge in [0.2, 0.25) is 0 Å². The summed E-state index contributed by atoms with van der Waals surface area (Å²) in [4.78, 5) is 2.56. The standard InChI is InChI=1S/C18H27NO/c1-3-19(4-2)14-16-10-7-8-12-18(16)13-15-9-5-6-11-17(15)20-18/h5-6,9,11,16H,3-4,7-8,10,12-14H2,1-2H3/t16?,18-/m0/s1. The second kappa shape index (κ2) is 5.77. The van der Waals surface area contributed by atoms with Gasteiger partial charge in [0.05, 0.1) is 0 Å². The lowest BCUT2D eigenvalue weighted by Gasteiger charge is -2.42. The zero-order valence-electron chi connectivity index (χ0n) is 12.9. The van der Waals surface area contributed by atoms with Crippen LogP contribution in [0.4, 0.5) is 0 Å². The zero-order valence-corrected chi connectivity index (χ0v) is 12.9. The number of fused-ring (bicyclic) bond motifs is 1. The highest BCUT2D eigenvalue weighted by atomic mass is 16.5. The van der Waals surface area contributed by atoms with E-state index in [1.807, 2.05) is 0 Å². The molecule has 20 heavy (non-hydrogen) atoms. The van der Waals surface area contributed by atoms with Crippen LogP contribution in [0.25, 0.3) is 0 Å². The Bertz CT molecular complexity index is 427. The molecular formula is C18H27NO. The molecule has 1 aromatic rings. The first kappa shape index (κ1) is 13.9. The topological polar surface area (TPSA) is 12.5 Å². The average Bonchev–Trinajstić information content (AvgIpc) is 2.85. The molecule has 2 aliphatic rings. The highest BCUT2D eigenvalue weighted by molar-refractivity contribution is 5.39. The third kappa shape index (κ3) is 2.46. The van der Waals surface area contributed by atoms with Crippen LogP contribution in [0.15, 0.2) is 24.3 Å². The van der Waals surface area contributed by atoms with E-state index in [0.717, 1.165) is 25.3 Å². The van der Waals surface area contributed by atoms with Crippen molar-refractivity contribution < 1.29 is 4.74 Å². The molecule has 1 spiro atoms. The lowest BCUT2D eigenvalue weighted by molar-refractivity contribution is -0.0192. The minimum absolute atomic E-state index is 0.0878. The van der Waals surface area contributed by atoms with E-state index in [0.29, 0.717) is 5.92 Å². The summed E-state index contributed by atoms with van der Waals surface area (Å²) in [6.07, 6.45) is 6.36. The fraction of sp³-hybridized carbons (Fsp3) is 0.667. The molecule has 3 rings (SSSR count). The van der Waals surface area contributed by atoms with Gasteiger partial charge in [-0.3, -0.25) is 0 Å². The number of benzene rings is 1. The van der Waals surface area contributed by atoms with E-state index in [2.05, 4.69) is 43.0 Å². The van der Waals surface area contributed by atoms with Crippen LogP contribution >= 0.6 is 0 Å². The van der Waals surface area contributed by atoms with E-state index in [1.165, 1.54) is 37.8 Å². The van der Waals surface area contributed by atoms with Crippen LogP contribution in [0.1, 0.15) is 45.1 Å². The quantitative estimate of drug-likeness (QED) is 0.825. The third-order valence-electron chi connectivity index (χ3n) is 5.30. The van der Waals surface area contributed by atoms with Crippen LogP contribution in [0.5, 0.6) is 5.75 Å². The highest BCUT2D eigenvalue weighted by Crippen LogP contribution is 2.46.